The molecule has 0 aliphatic carbocycles. The van der Waals surface area contributed by atoms with Crippen LogP contribution in [-0.2, 0) is 11.2 Å². The van der Waals surface area contributed by atoms with Crippen molar-refractivity contribution >= 4 is 17.5 Å². The molecule has 2 heterocycles. The van der Waals surface area contributed by atoms with Crippen molar-refractivity contribution in [3.63, 3.8) is 0 Å². The van der Waals surface area contributed by atoms with Crippen molar-refractivity contribution in [1.29, 1.82) is 0 Å². The minimum absolute atomic E-state index is 0.0812. The zero-order chi connectivity index (χ0) is 13.9. The van der Waals surface area contributed by atoms with Crippen LogP contribution in [0.1, 0.15) is 35.2 Å². The lowest BCUT2D eigenvalue weighted by atomic mass is 9.98. The van der Waals surface area contributed by atoms with Gasteiger partial charge in [0.05, 0.1) is 11.3 Å². The summed E-state index contributed by atoms with van der Waals surface area (Å²) in [5.41, 5.74) is 2.74. The summed E-state index contributed by atoms with van der Waals surface area (Å²) < 4.78 is 0. The van der Waals surface area contributed by atoms with Gasteiger partial charge in [0.2, 0.25) is 5.91 Å². The van der Waals surface area contributed by atoms with Crippen molar-refractivity contribution < 1.29 is 9.59 Å². The molecule has 0 saturated carbocycles. The summed E-state index contributed by atoms with van der Waals surface area (Å²) in [4.78, 5) is 24.1. The monoisotopic (exact) mass is 273 g/mol. The van der Waals surface area contributed by atoms with E-state index in [0.717, 1.165) is 31.5 Å². The second-order valence-electron chi connectivity index (χ2n) is 5.33. The molecule has 2 amide bonds. The first-order chi connectivity index (χ1) is 9.75. The minimum atomic E-state index is -0.407. The van der Waals surface area contributed by atoms with Gasteiger partial charge in [0.1, 0.15) is 6.04 Å². The maximum atomic E-state index is 12.4. The highest BCUT2D eigenvalue weighted by molar-refractivity contribution is 6.02. The van der Waals surface area contributed by atoms with E-state index in [1.807, 2.05) is 18.2 Å². The first-order valence-corrected chi connectivity index (χ1v) is 7.20. The second kappa shape index (κ2) is 5.53. The van der Waals surface area contributed by atoms with Crippen molar-refractivity contribution in [1.82, 2.24) is 10.6 Å². The first-order valence-electron chi connectivity index (χ1n) is 7.20. The predicted octanol–water partition coefficient (Wildman–Crippen LogP) is 1.05. The normalized spacial score (nSPS) is 21.4. The molecule has 1 atom stereocenters. The standard InChI is InChI=1S/C15H19N3O2/c19-14(18-12-7-3-9-17-15(12)20)11-6-1-4-10-5-2-8-16-13(10)11/h1,4,6,12,16H,2-3,5,7-9H2,(H,17,20)(H,18,19). The van der Waals surface area contributed by atoms with Gasteiger partial charge in [0.15, 0.2) is 0 Å². The highest BCUT2D eigenvalue weighted by atomic mass is 16.2. The Kier molecular flexibility index (Phi) is 3.58. The Labute approximate surface area is 118 Å². The summed E-state index contributed by atoms with van der Waals surface area (Å²) in [7, 11) is 0. The zero-order valence-electron chi connectivity index (χ0n) is 11.4. The van der Waals surface area contributed by atoms with Gasteiger partial charge in [-0.05, 0) is 37.3 Å². The number of para-hydroxylation sites is 1. The molecule has 20 heavy (non-hydrogen) atoms. The molecule has 1 aromatic carbocycles. The van der Waals surface area contributed by atoms with Crippen LogP contribution in [0, 0.1) is 0 Å². The van der Waals surface area contributed by atoms with Crippen molar-refractivity contribution in [2.75, 3.05) is 18.4 Å². The van der Waals surface area contributed by atoms with Crippen LogP contribution in [0.5, 0.6) is 0 Å². The average Bonchev–Trinajstić information content (AvgIpc) is 2.49. The third-order valence-electron chi connectivity index (χ3n) is 3.91. The van der Waals surface area contributed by atoms with Crippen LogP contribution in [0.15, 0.2) is 18.2 Å². The van der Waals surface area contributed by atoms with Crippen molar-refractivity contribution in [3.8, 4) is 0 Å². The topological polar surface area (TPSA) is 70.2 Å². The maximum Gasteiger partial charge on any atom is 0.254 e. The molecule has 0 bridgehead atoms. The molecule has 3 N–H and O–H groups in total. The number of fused-ring (bicyclic) bond motifs is 1. The Hall–Kier alpha value is -2.04. The molecule has 1 aromatic rings. The molecule has 0 spiro atoms. The molecule has 2 aliphatic heterocycles. The van der Waals surface area contributed by atoms with Crippen LogP contribution in [-0.4, -0.2) is 30.9 Å². The number of rotatable bonds is 2. The van der Waals surface area contributed by atoms with Gasteiger partial charge in [-0.25, -0.2) is 0 Å². The van der Waals surface area contributed by atoms with E-state index in [1.54, 1.807) is 0 Å². The molecule has 1 fully saturated rings. The number of amides is 2. The fourth-order valence-electron chi connectivity index (χ4n) is 2.84. The molecule has 106 valence electrons. The van der Waals surface area contributed by atoms with E-state index in [4.69, 9.17) is 0 Å². The molecule has 2 aliphatic rings. The molecule has 0 radical (unpaired) electrons. The average molecular weight is 273 g/mol. The van der Waals surface area contributed by atoms with Crippen LogP contribution in [0.2, 0.25) is 0 Å². The highest BCUT2D eigenvalue weighted by Gasteiger charge is 2.25. The number of carbonyl (C=O) groups excluding carboxylic acids is 2. The Balaban J connectivity index is 1.78. The summed E-state index contributed by atoms with van der Waals surface area (Å²) in [6.07, 6.45) is 3.69. The van der Waals surface area contributed by atoms with Crippen LogP contribution >= 0.6 is 0 Å². The van der Waals surface area contributed by atoms with E-state index in [1.165, 1.54) is 5.56 Å². The minimum Gasteiger partial charge on any atom is -0.384 e. The molecular formula is C15H19N3O2. The highest BCUT2D eigenvalue weighted by Crippen LogP contribution is 2.26. The number of nitrogens with one attached hydrogen (secondary N) is 3. The second-order valence-corrected chi connectivity index (χ2v) is 5.33. The van der Waals surface area contributed by atoms with Crippen LogP contribution in [0.25, 0.3) is 0 Å². The van der Waals surface area contributed by atoms with E-state index < -0.39 is 6.04 Å². The third-order valence-corrected chi connectivity index (χ3v) is 3.91. The maximum absolute atomic E-state index is 12.4. The number of benzene rings is 1. The van der Waals surface area contributed by atoms with Crippen LogP contribution in [0.4, 0.5) is 5.69 Å². The van der Waals surface area contributed by atoms with E-state index in [-0.39, 0.29) is 11.8 Å². The third kappa shape index (κ3) is 2.48. The van der Waals surface area contributed by atoms with E-state index in [9.17, 15) is 9.59 Å². The van der Waals surface area contributed by atoms with E-state index >= 15 is 0 Å². The largest absolute Gasteiger partial charge is 0.384 e. The van der Waals surface area contributed by atoms with Gasteiger partial charge in [-0.3, -0.25) is 9.59 Å². The summed E-state index contributed by atoms with van der Waals surface area (Å²) in [5.74, 6) is -0.249. The van der Waals surface area contributed by atoms with E-state index in [0.29, 0.717) is 18.5 Å². The first kappa shape index (κ1) is 13.0. The van der Waals surface area contributed by atoms with Crippen LogP contribution < -0.4 is 16.0 Å². The fourth-order valence-corrected chi connectivity index (χ4v) is 2.84. The Bertz CT molecular complexity index is 542. The molecule has 0 aromatic heterocycles. The molecular weight excluding hydrogens is 254 g/mol. The lowest BCUT2D eigenvalue weighted by Crippen LogP contribution is -2.50. The molecule has 5 heteroatoms. The summed E-state index contributed by atoms with van der Waals surface area (Å²) >= 11 is 0. The van der Waals surface area contributed by atoms with Gasteiger partial charge in [-0.15, -0.1) is 0 Å². The van der Waals surface area contributed by atoms with Crippen LogP contribution in [0.3, 0.4) is 0 Å². The smallest absolute Gasteiger partial charge is 0.254 e. The number of hydrogen-bond donors (Lipinski definition) is 3. The van der Waals surface area contributed by atoms with Gasteiger partial charge in [-0.2, -0.15) is 0 Å². The summed E-state index contributed by atoms with van der Waals surface area (Å²) in [5, 5.41) is 8.93. The molecule has 1 saturated heterocycles. The Morgan fingerprint density at radius 1 is 1.20 bits per heavy atom. The predicted molar refractivity (Wildman–Crippen MR) is 76.8 cm³/mol. The lowest BCUT2D eigenvalue weighted by Gasteiger charge is -2.25. The lowest BCUT2D eigenvalue weighted by molar-refractivity contribution is -0.124. The Morgan fingerprint density at radius 3 is 2.90 bits per heavy atom. The fraction of sp³-hybridized carbons (Fsp3) is 0.467. The van der Waals surface area contributed by atoms with Gasteiger partial charge in [-0.1, -0.05) is 12.1 Å². The number of hydrogen-bond acceptors (Lipinski definition) is 3. The van der Waals surface area contributed by atoms with Crippen molar-refractivity contribution in [3.05, 3.63) is 29.3 Å². The summed E-state index contributed by atoms with van der Waals surface area (Å²) in [6, 6.07) is 5.36. The number of aryl methyl sites for hydroxylation is 1. The van der Waals surface area contributed by atoms with Crippen molar-refractivity contribution in [2.24, 2.45) is 0 Å². The zero-order valence-corrected chi connectivity index (χ0v) is 11.4. The van der Waals surface area contributed by atoms with E-state index in [2.05, 4.69) is 16.0 Å². The summed E-state index contributed by atoms with van der Waals surface area (Å²) in [6.45, 7) is 1.59. The van der Waals surface area contributed by atoms with Crippen molar-refractivity contribution in [2.45, 2.75) is 31.7 Å². The molecule has 5 nitrogen and oxygen atoms in total. The number of piperidine rings is 1. The number of carbonyl (C=O) groups is 2. The number of anilines is 1. The molecule has 3 rings (SSSR count). The van der Waals surface area contributed by atoms with Gasteiger partial charge >= 0.3 is 0 Å². The Morgan fingerprint density at radius 2 is 2.05 bits per heavy atom. The SMILES string of the molecule is O=C(NC1CCCNC1=O)c1cccc2c1NCCC2. The quantitative estimate of drug-likeness (QED) is 0.754. The van der Waals surface area contributed by atoms with Gasteiger partial charge in [0, 0.05) is 13.1 Å². The van der Waals surface area contributed by atoms with Gasteiger partial charge in [0.25, 0.3) is 5.91 Å². The van der Waals surface area contributed by atoms with Gasteiger partial charge < -0.3 is 16.0 Å². The molecule has 1 unspecified atom stereocenters.